The van der Waals surface area contributed by atoms with Gasteiger partial charge in [-0.15, -0.1) is 10.2 Å². The van der Waals surface area contributed by atoms with E-state index in [-0.39, 0.29) is 114 Å². The number of carbonyl (C=O) groups is 4. The summed E-state index contributed by atoms with van der Waals surface area (Å²) in [5.41, 5.74) is -0.256. The molecule has 3 saturated carbocycles. The normalized spacial score (nSPS) is 30.4. The predicted octanol–water partition coefficient (Wildman–Crippen LogP) is -3.09. The molecule has 444 valence electrons. The molecule has 0 radical (unpaired) electrons. The molecule has 2 aromatic heterocycles. The summed E-state index contributed by atoms with van der Waals surface area (Å²) in [6, 6.07) is 1.40. The van der Waals surface area contributed by atoms with Crippen molar-refractivity contribution in [1.82, 2.24) is 72.9 Å². The van der Waals surface area contributed by atoms with Crippen LogP contribution in [-0.4, -0.2) is 175 Å². The number of nitrogens with one attached hydrogen (secondary N) is 12. The Labute approximate surface area is 459 Å². The number of pyridine rings is 2. The third kappa shape index (κ3) is 17.0. The molecule has 20 N–H and O–H groups in total. The van der Waals surface area contributed by atoms with Crippen molar-refractivity contribution in [2.24, 2.45) is 44.1 Å². The maximum atomic E-state index is 13.1. The highest BCUT2D eigenvalue weighted by Crippen LogP contribution is 2.36. The van der Waals surface area contributed by atoms with E-state index < -0.39 is 114 Å². The summed E-state index contributed by atoms with van der Waals surface area (Å²) in [5, 5.41) is 137. The summed E-state index contributed by atoms with van der Waals surface area (Å²) < 4.78 is 2.27. The van der Waals surface area contributed by atoms with E-state index >= 15 is 0 Å². The van der Waals surface area contributed by atoms with Crippen molar-refractivity contribution in [3.05, 3.63) is 44.0 Å². The standard InChI is InChI=1S/C48H78N18O14/c1-23-13-34(69)65(38(71)36(23)63-61-31-17-25(40(73)74)15-26(18-31)41(75)76)10-7-50-44-55-33(21-49-22-68)56-47(58-44)53-29-3-5-30(6-4-29)54-48-59-45(57-46(60-48)52-9-12-67)51-8-11-66-35(70)14-24(2)37(39(66)72)64-62-32-19-27(42(77)78)16-28(20-32)43(79)80/h13-14,25-33,44-60,67-68,71-72H,3-12,15-22H2,1-2H3,(H,73,74)(H,75,76)(H,77,78)(H,79,80). The van der Waals surface area contributed by atoms with Gasteiger partial charge in [0.1, 0.15) is 42.8 Å². The van der Waals surface area contributed by atoms with Gasteiger partial charge < -0.3 is 40.9 Å². The molecule has 32 nitrogen and oxygen atoms in total. The lowest BCUT2D eigenvalue weighted by molar-refractivity contribution is -0.150. The average molecular weight is 1130 g/mol. The molecule has 0 amide bonds. The number of aromatic hydroxyl groups is 2. The minimum atomic E-state index is -1.11. The fraction of sp³-hybridized carbons (Fsp3) is 0.708. The topological polar surface area (TPSA) is 468 Å². The van der Waals surface area contributed by atoms with Crippen LogP contribution in [0, 0.1) is 37.5 Å². The van der Waals surface area contributed by atoms with Crippen molar-refractivity contribution in [3.63, 3.8) is 0 Å². The second kappa shape index (κ2) is 29.1. The van der Waals surface area contributed by atoms with Crippen molar-refractivity contribution < 1.29 is 60.0 Å². The lowest BCUT2D eigenvalue weighted by Crippen LogP contribution is -2.78. The number of azo groups is 2. The molecule has 7 rings (SSSR count). The highest BCUT2D eigenvalue weighted by Gasteiger charge is 2.39. The number of carboxylic acids is 4. The van der Waals surface area contributed by atoms with Crippen LogP contribution in [0.15, 0.2) is 42.2 Å². The second-order valence-corrected chi connectivity index (χ2v) is 21.1. The van der Waals surface area contributed by atoms with Gasteiger partial charge in [-0.1, -0.05) is 0 Å². The molecule has 2 saturated heterocycles. The zero-order chi connectivity index (χ0) is 57.6. The summed E-state index contributed by atoms with van der Waals surface area (Å²) in [4.78, 5) is 73.1. The second-order valence-electron chi connectivity index (χ2n) is 21.1. The van der Waals surface area contributed by atoms with Crippen LogP contribution in [-0.2, 0) is 32.3 Å². The van der Waals surface area contributed by atoms with Gasteiger partial charge in [-0.05, 0) is 89.2 Å². The quantitative estimate of drug-likeness (QED) is 0.0328. The lowest BCUT2D eigenvalue weighted by atomic mass is 9.79. The first-order chi connectivity index (χ1) is 38.3. The smallest absolute Gasteiger partial charge is 0.306 e. The Bertz CT molecular complexity index is 2420. The fourth-order valence-corrected chi connectivity index (χ4v) is 11.0. The Morgan fingerprint density at radius 3 is 1.30 bits per heavy atom. The van der Waals surface area contributed by atoms with Crippen molar-refractivity contribution in [3.8, 4) is 11.8 Å². The minimum Gasteiger partial charge on any atom is -0.493 e. The number of aliphatic carboxylic acids is 4. The van der Waals surface area contributed by atoms with Gasteiger partial charge in [0.25, 0.3) is 11.1 Å². The van der Waals surface area contributed by atoms with E-state index in [2.05, 4.69) is 84.3 Å². The first kappa shape index (κ1) is 61.6. The molecule has 10 unspecified atom stereocenters. The van der Waals surface area contributed by atoms with E-state index in [0.29, 0.717) is 17.7 Å². The van der Waals surface area contributed by atoms with E-state index in [9.17, 15) is 69.6 Å². The number of hydrogen-bond donors (Lipinski definition) is 20. The molecule has 32 heteroatoms. The minimum absolute atomic E-state index is 0.00886. The molecule has 2 aromatic rings. The summed E-state index contributed by atoms with van der Waals surface area (Å²) in [6.07, 6.45) is 0.968. The predicted molar refractivity (Wildman–Crippen MR) is 283 cm³/mol. The zero-order valence-corrected chi connectivity index (χ0v) is 44.7. The Hall–Kier alpha value is -5.98. The van der Waals surface area contributed by atoms with Gasteiger partial charge in [-0.2, -0.15) is 10.2 Å². The average Bonchev–Trinajstić information content (AvgIpc) is 3.45. The van der Waals surface area contributed by atoms with Crippen molar-refractivity contribution in [1.29, 1.82) is 0 Å². The molecular weight excluding hydrogens is 1050 g/mol. The van der Waals surface area contributed by atoms with Crippen molar-refractivity contribution in [2.75, 3.05) is 39.5 Å². The maximum absolute atomic E-state index is 13.1. The van der Waals surface area contributed by atoms with Crippen LogP contribution in [0.4, 0.5) is 11.4 Å². The highest BCUT2D eigenvalue weighted by atomic mass is 16.4. The first-order valence-corrected chi connectivity index (χ1v) is 27.1. The first-order valence-electron chi connectivity index (χ1n) is 27.1. The van der Waals surface area contributed by atoms with Crippen LogP contribution < -0.4 is 74.9 Å². The summed E-state index contributed by atoms with van der Waals surface area (Å²) in [6.45, 7) is 3.88. The van der Waals surface area contributed by atoms with E-state index in [1.807, 2.05) is 0 Å². The van der Waals surface area contributed by atoms with Gasteiger partial charge in [0.2, 0.25) is 11.8 Å². The third-order valence-electron chi connectivity index (χ3n) is 15.2. The highest BCUT2D eigenvalue weighted by molar-refractivity contribution is 5.75. The molecule has 0 aromatic carbocycles. The Morgan fingerprint density at radius 1 is 0.550 bits per heavy atom. The number of rotatable bonds is 26. The molecule has 0 spiro atoms. The maximum Gasteiger partial charge on any atom is 0.306 e. The Balaban J connectivity index is 0.897. The molecular formula is C48H78N18O14. The molecule has 0 bridgehead atoms. The molecule has 4 heterocycles. The van der Waals surface area contributed by atoms with Crippen molar-refractivity contribution in [2.45, 2.75) is 153 Å². The molecule has 3 aliphatic carbocycles. The summed E-state index contributed by atoms with van der Waals surface area (Å²) in [7, 11) is 0. The van der Waals surface area contributed by atoms with Gasteiger partial charge >= 0.3 is 23.9 Å². The van der Waals surface area contributed by atoms with E-state index in [4.69, 9.17) is 0 Å². The van der Waals surface area contributed by atoms with Gasteiger partial charge in [-0.25, -0.2) is 0 Å². The summed E-state index contributed by atoms with van der Waals surface area (Å²) in [5.74, 6) is -8.94. The van der Waals surface area contributed by atoms with Crippen LogP contribution >= 0.6 is 0 Å². The number of carboxylic acid groups (broad SMARTS) is 4. The van der Waals surface area contributed by atoms with Crippen LogP contribution in [0.1, 0.15) is 75.3 Å². The van der Waals surface area contributed by atoms with Crippen LogP contribution in [0.3, 0.4) is 0 Å². The molecule has 5 fully saturated rings. The number of hydrogen-bond acceptors (Lipinski definition) is 26. The van der Waals surface area contributed by atoms with Gasteiger partial charge in [0.15, 0.2) is 0 Å². The number of aryl methyl sites for hydroxylation is 2. The SMILES string of the molecule is Cc1cc(=O)n(CCNC2NC(CNCO)NC(NC3CCC(NC4NC(NCCO)NC(NCCn5c(O)c(N=NC6CC(C(=O)O)CC(C(=O)O)C6)c(C)cc5=O)N4)CC3)N2)c(O)c1N=NC1CC(C(=O)O)CC(C(=O)O)C1. The largest absolute Gasteiger partial charge is 0.493 e. The van der Waals surface area contributed by atoms with E-state index in [0.717, 1.165) is 34.8 Å². The Kier molecular flexibility index (Phi) is 22.4. The van der Waals surface area contributed by atoms with E-state index in [1.54, 1.807) is 13.8 Å². The van der Waals surface area contributed by atoms with Crippen LogP contribution in [0.2, 0.25) is 0 Å². The molecule has 2 aliphatic heterocycles. The zero-order valence-electron chi connectivity index (χ0n) is 44.7. The molecule has 10 atom stereocenters. The number of aliphatic hydroxyl groups is 2. The lowest BCUT2D eigenvalue weighted by Gasteiger charge is -2.43. The van der Waals surface area contributed by atoms with Gasteiger partial charge in [0.05, 0.1) is 55.3 Å². The van der Waals surface area contributed by atoms with Gasteiger partial charge in [0, 0.05) is 63.5 Å². The third-order valence-corrected chi connectivity index (χ3v) is 15.2. The monoisotopic (exact) mass is 1130 g/mol. The summed E-state index contributed by atoms with van der Waals surface area (Å²) >= 11 is 0. The Morgan fingerprint density at radius 2 is 0.912 bits per heavy atom. The number of aromatic nitrogens is 2. The van der Waals surface area contributed by atoms with Gasteiger partial charge in [-0.3, -0.25) is 102 Å². The van der Waals surface area contributed by atoms with Crippen molar-refractivity contribution >= 4 is 35.3 Å². The fourth-order valence-electron chi connectivity index (χ4n) is 11.0. The number of nitrogens with zero attached hydrogens (tertiary/aromatic N) is 6. The molecule has 5 aliphatic rings. The van der Waals surface area contributed by atoms with Crippen LogP contribution in [0.5, 0.6) is 11.8 Å². The number of aliphatic hydroxyl groups excluding tert-OH is 2. The van der Waals surface area contributed by atoms with Crippen LogP contribution in [0.25, 0.3) is 0 Å². The van der Waals surface area contributed by atoms with E-state index in [1.165, 1.54) is 12.1 Å². The molecule has 80 heavy (non-hydrogen) atoms.